The van der Waals surface area contributed by atoms with Crippen molar-refractivity contribution in [2.45, 2.75) is 6.36 Å². The third-order valence-electron chi connectivity index (χ3n) is 1.31. The lowest BCUT2D eigenvalue weighted by atomic mass is 10.7. The summed E-state index contributed by atoms with van der Waals surface area (Å²) in [4.78, 5) is 0. The molecule has 0 saturated heterocycles. The quantitative estimate of drug-likeness (QED) is 0.506. The van der Waals surface area contributed by atoms with Crippen molar-refractivity contribution in [2.75, 3.05) is 47.3 Å². The minimum atomic E-state index is -1.35. The summed E-state index contributed by atoms with van der Waals surface area (Å²) in [7, 11) is 2.90. The molecule has 0 aromatic rings. The monoisotopic (exact) mass is 196 g/mol. The van der Waals surface area contributed by atoms with Gasteiger partial charge in [0.25, 0.3) is 0 Å². The molecule has 1 unspecified atom stereocenters. The van der Waals surface area contributed by atoms with Crippen LogP contribution in [0.5, 0.6) is 0 Å². The molecular weight excluding hydrogens is 179 g/mol. The Balaban J connectivity index is 2.91. The molecule has 0 amide bonds. The highest BCUT2D eigenvalue weighted by Crippen LogP contribution is 1.91. The van der Waals surface area contributed by atoms with Crippen LogP contribution in [0.3, 0.4) is 0 Å². The predicted octanol–water partition coefficient (Wildman–Crippen LogP) is 0.608. The van der Waals surface area contributed by atoms with Gasteiger partial charge < -0.3 is 18.9 Å². The van der Waals surface area contributed by atoms with Gasteiger partial charge in [0.1, 0.15) is 6.61 Å². The number of alkyl halides is 1. The molecule has 0 bridgehead atoms. The first-order chi connectivity index (χ1) is 6.31. The van der Waals surface area contributed by atoms with Crippen LogP contribution in [0.2, 0.25) is 0 Å². The average Bonchev–Trinajstić information content (AvgIpc) is 2.16. The minimum absolute atomic E-state index is 0.0515. The summed E-state index contributed by atoms with van der Waals surface area (Å²) in [5.41, 5.74) is 0. The molecule has 0 aromatic heterocycles. The Morgan fingerprint density at radius 3 is 2.23 bits per heavy atom. The molecule has 13 heavy (non-hydrogen) atoms. The first-order valence-electron chi connectivity index (χ1n) is 4.12. The largest absolute Gasteiger partial charge is 0.382 e. The molecule has 0 fully saturated rings. The highest BCUT2D eigenvalue weighted by Gasteiger charge is 2.02. The molecule has 0 aliphatic heterocycles. The molecule has 4 nitrogen and oxygen atoms in total. The number of methoxy groups -OCH3 is 2. The van der Waals surface area contributed by atoms with Crippen LogP contribution in [0.4, 0.5) is 4.39 Å². The fraction of sp³-hybridized carbons (Fsp3) is 1.00. The van der Waals surface area contributed by atoms with E-state index >= 15 is 0 Å². The Hall–Kier alpha value is -0.230. The van der Waals surface area contributed by atoms with Gasteiger partial charge in [-0.1, -0.05) is 0 Å². The molecular formula is C8H17FO4. The van der Waals surface area contributed by atoms with Gasteiger partial charge in [0.05, 0.1) is 26.4 Å². The molecule has 0 rings (SSSR count). The highest BCUT2D eigenvalue weighted by molar-refractivity contribution is 4.36. The van der Waals surface area contributed by atoms with E-state index in [1.807, 2.05) is 0 Å². The van der Waals surface area contributed by atoms with Gasteiger partial charge in [0, 0.05) is 14.2 Å². The summed E-state index contributed by atoms with van der Waals surface area (Å²) in [6.07, 6.45) is -1.35. The second kappa shape index (κ2) is 9.85. The normalized spacial score (nSPS) is 13.2. The standard InChI is InChI=1S/C8H17FO4/c1-10-3-4-12-5-6-13-7-8(9)11-2/h8H,3-7H2,1-2H3. The third-order valence-corrected chi connectivity index (χ3v) is 1.31. The smallest absolute Gasteiger partial charge is 0.222 e. The maximum absolute atomic E-state index is 12.4. The van der Waals surface area contributed by atoms with Crippen molar-refractivity contribution in [1.82, 2.24) is 0 Å². The van der Waals surface area contributed by atoms with Crippen molar-refractivity contribution in [3.8, 4) is 0 Å². The molecule has 0 saturated carbocycles. The Morgan fingerprint density at radius 2 is 1.62 bits per heavy atom. The molecule has 0 aromatic carbocycles. The molecule has 80 valence electrons. The predicted molar refractivity (Wildman–Crippen MR) is 45.4 cm³/mol. The van der Waals surface area contributed by atoms with E-state index in [2.05, 4.69) is 4.74 Å². The van der Waals surface area contributed by atoms with Crippen molar-refractivity contribution in [3.63, 3.8) is 0 Å². The van der Waals surface area contributed by atoms with E-state index in [0.29, 0.717) is 26.4 Å². The van der Waals surface area contributed by atoms with Gasteiger partial charge >= 0.3 is 0 Å². The summed E-state index contributed by atoms with van der Waals surface area (Å²) in [6.45, 7) is 1.85. The van der Waals surface area contributed by atoms with E-state index in [1.165, 1.54) is 7.11 Å². The minimum Gasteiger partial charge on any atom is -0.382 e. The zero-order chi connectivity index (χ0) is 9.94. The molecule has 0 radical (unpaired) electrons. The second-order valence-corrected chi connectivity index (χ2v) is 2.33. The average molecular weight is 196 g/mol. The first kappa shape index (κ1) is 12.8. The Bertz CT molecular complexity index is 102. The van der Waals surface area contributed by atoms with Crippen LogP contribution in [0.25, 0.3) is 0 Å². The zero-order valence-corrected chi connectivity index (χ0v) is 8.12. The van der Waals surface area contributed by atoms with Crippen LogP contribution < -0.4 is 0 Å². The Labute approximate surface area is 77.9 Å². The SMILES string of the molecule is COCCOCCOCC(F)OC. The number of hydrogen-bond donors (Lipinski definition) is 0. The summed E-state index contributed by atoms with van der Waals surface area (Å²) in [5.74, 6) is 0. The van der Waals surface area contributed by atoms with Gasteiger partial charge in [0.15, 0.2) is 0 Å². The third kappa shape index (κ3) is 9.69. The maximum Gasteiger partial charge on any atom is 0.222 e. The van der Waals surface area contributed by atoms with Crippen molar-refractivity contribution >= 4 is 0 Å². The fourth-order valence-electron chi connectivity index (χ4n) is 0.606. The van der Waals surface area contributed by atoms with Gasteiger partial charge in [0.2, 0.25) is 6.36 Å². The van der Waals surface area contributed by atoms with Crippen LogP contribution in [-0.2, 0) is 18.9 Å². The second-order valence-electron chi connectivity index (χ2n) is 2.33. The van der Waals surface area contributed by atoms with Crippen LogP contribution in [0.1, 0.15) is 0 Å². The van der Waals surface area contributed by atoms with Crippen molar-refractivity contribution in [2.24, 2.45) is 0 Å². The molecule has 0 N–H and O–H groups in total. The number of halogens is 1. The lowest BCUT2D eigenvalue weighted by Gasteiger charge is -2.07. The van der Waals surface area contributed by atoms with Crippen LogP contribution >= 0.6 is 0 Å². The summed E-state index contributed by atoms with van der Waals surface area (Å²) in [6, 6.07) is 0. The molecule has 0 heterocycles. The van der Waals surface area contributed by atoms with E-state index in [-0.39, 0.29) is 6.61 Å². The molecule has 1 atom stereocenters. The van der Waals surface area contributed by atoms with Gasteiger partial charge in [-0.3, -0.25) is 0 Å². The molecule has 0 spiro atoms. The summed E-state index contributed by atoms with van der Waals surface area (Å²) < 4.78 is 31.4. The van der Waals surface area contributed by atoms with Crippen LogP contribution in [0, 0.1) is 0 Å². The van der Waals surface area contributed by atoms with Crippen LogP contribution in [-0.4, -0.2) is 53.6 Å². The van der Waals surface area contributed by atoms with Gasteiger partial charge in [-0.05, 0) is 0 Å². The first-order valence-corrected chi connectivity index (χ1v) is 4.12. The van der Waals surface area contributed by atoms with Gasteiger partial charge in [-0.2, -0.15) is 0 Å². The topological polar surface area (TPSA) is 36.9 Å². The highest BCUT2D eigenvalue weighted by atomic mass is 19.1. The Morgan fingerprint density at radius 1 is 1.00 bits per heavy atom. The van der Waals surface area contributed by atoms with Gasteiger partial charge in [-0.15, -0.1) is 0 Å². The number of rotatable bonds is 9. The van der Waals surface area contributed by atoms with E-state index in [9.17, 15) is 4.39 Å². The fourth-order valence-corrected chi connectivity index (χ4v) is 0.606. The van der Waals surface area contributed by atoms with E-state index in [0.717, 1.165) is 0 Å². The lowest BCUT2D eigenvalue weighted by molar-refractivity contribution is -0.0753. The van der Waals surface area contributed by atoms with Crippen molar-refractivity contribution in [1.29, 1.82) is 0 Å². The van der Waals surface area contributed by atoms with Gasteiger partial charge in [-0.25, -0.2) is 4.39 Å². The van der Waals surface area contributed by atoms with Crippen molar-refractivity contribution in [3.05, 3.63) is 0 Å². The summed E-state index contributed by atoms with van der Waals surface area (Å²) >= 11 is 0. The number of ether oxygens (including phenoxy) is 4. The van der Waals surface area contributed by atoms with E-state index in [1.54, 1.807) is 7.11 Å². The maximum atomic E-state index is 12.4. The number of hydrogen-bond acceptors (Lipinski definition) is 4. The zero-order valence-electron chi connectivity index (χ0n) is 8.12. The Kier molecular flexibility index (Phi) is 9.68. The van der Waals surface area contributed by atoms with E-state index in [4.69, 9.17) is 14.2 Å². The lowest BCUT2D eigenvalue weighted by Crippen LogP contribution is -2.15. The van der Waals surface area contributed by atoms with Crippen molar-refractivity contribution < 1.29 is 23.3 Å². The van der Waals surface area contributed by atoms with Crippen LogP contribution in [0.15, 0.2) is 0 Å². The van der Waals surface area contributed by atoms with E-state index < -0.39 is 6.36 Å². The molecule has 0 aliphatic rings. The summed E-state index contributed by atoms with van der Waals surface area (Å²) in [5, 5.41) is 0. The molecule has 5 heteroatoms. The molecule has 0 aliphatic carbocycles.